The highest BCUT2D eigenvalue weighted by atomic mass is 35.5. The molecule has 3 nitrogen and oxygen atoms in total. The standard InChI is InChI=1S/C29H36Cl2N2O/c1-7-18-12-20(14-22(16(3)4)27(18)32)29(34,26-24(30)10-9-11-25(26)31)21-13-19(8-2)28(33)23(15-21)17(5)6/h9-17,34H,7-8,32-33H2,1-6H3. The Morgan fingerprint density at radius 2 is 1.15 bits per heavy atom. The molecule has 34 heavy (non-hydrogen) atoms. The number of benzene rings is 3. The van der Waals surface area contributed by atoms with Gasteiger partial charge in [-0.1, -0.05) is 82.9 Å². The Kier molecular flexibility index (Phi) is 7.92. The van der Waals surface area contributed by atoms with Crippen molar-refractivity contribution >= 4 is 34.6 Å². The lowest BCUT2D eigenvalue weighted by Gasteiger charge is -2.34. The summed E-state index contributed by atoms with van der Waals surface area (Å²) in [6.07, 6.45) is 1.48. The predicted octanol–water partition coefficient (Wildman–Crippen LogP) is 7.81. The van der Waals surface area contributed by atoms with Crippen LogP contribution in [0, 0.1) is 0 Å². The third kappa shape index (κ3) is 4.54. The second-order valence-corrected chi connectivity index (χ2v) is 10.4. The summed E-state index contributed by atoms with van der Waals surface area (Å²) < 4.78 is 0. The van der Waals surface area contributed by atoms with Crippen molar-refractivity contribution < 1.29 is 5.11 Å². The van der Waals surface area contributed by atoms with E-state index in [1.165, 1.54) is 0 Å². The first-order valence-electron chi connectivity index (χ1n) is 12.0. The highest BCUT2D eigenvalue weighted by Gasteiger charge is 2.39. The van der Waals surface area contributed by atoms with Crippen LogP contribution in [0.25, 0.3) is 0 Å². The molecule has 0 fully saturated rings. The minimum absolute atomic E-state index is 0.181. The van der Waals surface area contributed by atoms with Gasteiger partial charge in [-0.15, -0.1) is 0 Å². The topological polar surface area (TPSA) is 72.3 Å². The summed E-state index contributed by atoms with van der Waals surface area (Å²) in [4.78, 5) is 0. The monoisotopic (exact) mass is 498 g/mol. The fourth-order valence-corrected chi connectivity index (χ4v) is 5.40. The molecule has 0 spiro atoms. The van der Waals surface area contributed by atoms with Gasteiger partial charge in [0.15, 0.2) is 0 Å². The van der Waals surface area contributed by atoms with Crippen LogP contribution < -0.4 is 11.5 Å². The molecule has 3 aromatic carbocycles. The van der Waals surface area contributed by atoms with Crippen LogP contribution in [-0.4, -0.2) is 5.11 Å². The van der Waals surface area contributed by atoms with Crippen LogP contribution in [0.4, 0.5) is 11.4 Å². The van der Waals surface area contributed by atoms with Crippen molar-refractivity contribution in [1.82, 2.24) is 0 Å². The normalized spacial score (nSPS) is 12.1. The van der Waals surface area contributed by atoms with Gasteiger partial charge in [0.2, 0.25) is 0 Å². The third-order valence-electron chi connectivity index (χ3n) is 6.76. The van der Waals surface area contributed by atoms with Crippen LogP contribution in [0.2, 0.25) is 10.0 Å². The smallest absolute Gasteiger partial charge is 0.143 e. The number of hydrogen-bond donors (Lipinski definition) is 3. The highest BCUT2D eigenvalue weighted by molar-refractivity contribution is 6.36. The summed E-state index contributed by atoms with van der Waals surface area (Å²) in [6, 6.07) is 13.3. The van der Waals surface area contributed by atoms with Crippen LogP contribution in [0.3, 0.4) is 0 Å². The molecule has 0 aliphatic heterocycles. The fraction of sp³-hybridized carbons (Fsp3) is 0.379. The molecule has 0 aromatic heterocycles. The molecule has 3 rings (SSSR count). The Balaban J connectivity index is 2.52. The number of rotatable bonds is 7. The Labute approximate surface area is 214 Å². The Morgan fingerprint density at radius 3 is 1.47 bits per heavy atom. The van der Waals surface area contributed by atoms with Crippen LogP contribution in [0.5, 0.6) is 0 Å². The van der Waals surface area contributed by atoms with Crippen molar-refractivity contribution in [2.45, 2.75) is 71.8 Å². The van der Waals surface area contributed by atoms with Crippen molar-refractivity contribution in [3.8, 4) is 0 Å². The maximum atomic E-state index is 12.8. The maximum absolute atomic E-state index is 12.8. The second-order valence-electron chi connectivity index (χ2n) is 9.60. The number of nitrogen functional groups attached to an aromatic ring is 2. The van der Waals surface area contributed by atoms with Gasteiger partial charge in [0.1, 0.15) is 5.60 Å². The molecular formula is C29H36Cl2N2O. The minimum Gasteiger partial charge on any atom is -0.398 e. The van der Waals surface area contributed by atoms with Gasteiger partial charge in [0, 0.05) is 27.0 Å². The molecule has 0 saturated heterocycles. The van der Waals surface area contributed by atoms with Gasteiger partial charge in [-0.3, -0.25) is 0 Å². The molecule has 0 radical (unpaired) electrons. The first-order chi connectivity index (χ1) is 16.0. The number of anilines is 2. The summed E-state index contributed by atoms with van der Waals surface area (Å²) >= 11 is 13.5. The number of nitrogens with two attached hydrogens (primary N) is 2. The van der Waals surface area contributed by atoms with E-state index in [1.807, 2.05) is 24.3 Å². The third-order valence-corrected chi connectivity index (χ3v) is 7.39. The number of aliphatic hydroxyl groups is 1. The molecule has 3 aromatic rings. The zero-order valence-corrected chi connectivity index (χ0v) is 22.5. The van der Waals surface area contributed by atoms with Crippen molar-refractivity contribution in [3.63, 3.8) is 0 Å². The molecule has 0 heterocycles. The predicted molar refractivity (Wildman–Crippen MR) is 147 cm³/mol. The summed E-state index contributed by atoms with van der Waals surface area (Å²) in [7, 11) is 0. The summed E-state index contributed by atoms with van der Waals surface area (Å²) in [5, 5.41) is 13.6. The minimum atomic E-state index is -1.60. The number of aryl methyl sites for hydroxylation is 2. The second kappa shape index (κ2) is 10.2. The van der Waals surface area contributed by atoms with E-state index in [1.54, 1.807) is 18.2 Å². The Morgan fingerprint density at radius 1 is 0.765 bits per heavy atom. The SMILES string of the molecule is CCc1cc(C(O)(c2cc(CC)c(N)c(C(C)C)c2)c2c(Cl)cccc2Cl)cc(C(C)C)c1N. The molecule has 0 amide bonds. The molecule has 0 aliphatic rings. The summed E-state index contributed by atoms with van der Waals surface area (Å²) in [6.45, 7) is 12.5. The largest absolute Gasteiger partial charge is 0.398 e. The van der Waals surface area contributed by atoms with Crippen molar-refractivity contribution in [2.24, 2.45) is 0 Å². The molecule has 5 heteroatoms. The van der Waals surface area contributed by atoms with Crippen LogP contribution in [-0.2, 0) is 18.4 Å². The Hall–Kier alpha value is -2.20. The van der Waals surface area contributed by atoms with Crippen LogP contribution >= 0.6 is 23.2 Å². The van der Waals surface area contributed by atoms with Crippen LogP contribution in [0.15, 0.2) is 42.5 Å². The molecule has 182 valence electrons. The fourth-order valence-electron chi connectivity index (χ4n) is 4.73. The lowest BCUT2D eigenvalue weighted by Crippen LogP contribution is -2.31. The van der Waals surface area contributed by atoms with E-state index in [2.05, 4.69) is 41.5 Å². The molecule has 0 unspecified atom stereocenters. The van der Waals surface area contributed by atoms with Gasteiger partial charge in [-0.05, 0) is 82.3 Å². The van der Waals surface area contributed by atoms with E-state index in [-0.39, 0.29) is 11.8 Å². The Bertz CT molecular complexity index is 1120. The van der Waals surface area contributed by atoms with E-state index in [0.717, 1.165) is 46.5 Å². The average Bonchev–Trinajstić information content (AvgIpc) is 2.78. The first kappa shape index (κ1) is 26.4. The van der Waals surface area contributed by atoms with Crippen molar-refractivity contribution in [3.05, 3.63) is 91.5 Å². The van der Waals surface area contributed by atoms with Gasteiger partial charge in [-0.2, -0.15) is 0 Å². The van der Waals surface area contributed by atoms with E-state index >= 15 is 0 Å². The lowest BCUT2D eigenvalue weighted by atomic mass is 9.76. The zero-order valence-electron chi connectivity index (χ0n) is 21.0. The van der Waals surface area contributed by atoms with Gasteiger partial charge >= 0.3 is 0 Å². The molecule has 0 bridgehead atoms. The quantitative estimate of drug-likeness (QED) is 0.229. The molecule has 0 saturated carbocycles. The van der Waals surface area contributed by atoms with E-state index in [9.17, 15) is 5.11 Å². The summed E-state index contributed by atoms with van der Waals surface area (Å²) in [5.41, 5.74) is 18.8. The average molecular weight is 500 g/mol. The van der Waals surface area contributed by atoms with Crippen molar-refractivity contribution in [2.75, 3.05) is 11.5 Å². The molecule has 0 atom stereocenters. The van der Waals surface area contributed by atoms with E-state index in [4.69, 9.17) is 34.7 Å². The zero-order chi connectivity index (χ0) is 25.4. The van der Waals surface area contributed by atoms with E-state index in [0.29, 0.717) is 26.7 Å². The maximum Gasteiger partial charge on any atom is 0.143 e. The van der Waals surface area contributed by atoms with Gasteiger partial charge in [0.25, 0.3) is 0 Å². The first-order valence-corrected chi connectivity index (χ1v) is 12.7. The highest BCUT2D eigenvalue weighted by Crippen LogP contribution is 2.47. The van der Waals surface area contributed by atoms with E-state index < -0.39 is 5.60 Å². The molecular weight excluding hydrogens is 463 g/mol. The number of hydrogen-bond acceptors (Lipinski definition) is 3. The van der Waals surface area contributed by atoms with Crippen LogP contribution in [0.1, 0.15) is 92.3 Å². The molecule has 5 N–H and O–H groups in total. The summed E-state index contributed by atoms with van der Waals surface area (Å²) in [5.74, 6) is 0.361. The van der Waals surface area contributed by atoms with Gasteiger partial charge in [0.05, 0.1) is 0 Å². The van der Waals surface area contributed by atoms with Gasteiger partial charge < -0.3 is 16.6 Å². The molecule has 0 aliphatic carbocycles. The van der Waals surface area contributed by atoms with Crippen molar-refractivity contribution in [1.29, 1.82) is 0 Å². The lowest BCUT2D eigenvalue weighted by molar-refractivity contribution is 0.125. The number of halogens is 2. The van der Waals surface area contributed by atoms with Gasteiger partial charge in [-0.25, -0.2) is 0 Å².